The fourth-order valence-electron chi connectivity index (χ4n) is 4.26. The minimum Gasteiger partial charge on any atom is -0.490 e. The molecule has 5 rings (SSSR count). The SMILES string of the molecule is COCCOc1ccc(N2C(=S)N[C@H](c3ccccn3)[C@@H]2c2ccc(-c3ccc(Cl)cc3Cl)o2)cc1Cl. The third-order valence-corrected chi connectivity index (χ3v) is 7.11. The minimum absolute atomic E-state index is 0.273. The Morgan fingerprint density at radius 2 is 1.86 bits per heavy atom. The second-order valence-corrected chi connectivity index (χ2v) is 9.92. The van der Waals surface area contributed by atoms with Gasteiger partial charge in [0, 0.05) is 29.6 Å². The van der Waals surface area contributed by atoms with Gasteiger partial charge in [0.05, 0.1) is 28.4 Å². The molecule has 37 heavy (non-hydrogen) atoms. The Hall–Kier alpha value is -2.81. The number of nitrogens with zero attached hydrogens (tertiary/aromatic N) is 2. The summed E-state index contributed by atoms with van der Waals surface area (Å²) in [5.41, 5.74) is 2.35. The van der Waals surface area contributed by atoms with Gasteiger partial charge in [0.2, 0.25) is 0 Å². The molecule has 10 heteroatoms. The summed E-state index contributed by atoms with van der Waals surface area (Å²) in [6.07, 6.45) is 1.75. The number of hydrogen-bond donors (Lipinski definition) is 1. The number of benzene rings is 2. The predicted molar refractivity (Wildman–Crippen MR) is 151 cm³/mol. The molecule has 1 N–H and O–H groups in total. The summed E-state index contributed by atoms with van der Waals surface area (Å²) in [4.78, 5) is 6.55. The third-order valence-electron chi connectivity index (χ3n) is 5.95. The maximum atomic E-state index is 6.58. The summed E-state index contributed by atoms with van der Waals surface area (Å²) in [5, 5.41) is 5.45. The highest BCUT2D eigenvalue weighted by atomic mass is 35.5. The monoisotopic (exact) mass is 573 g/mol. The molecule has 3 heterocycles. The van der Waals surface area contributed by atoms with Crippen LogP contribution < -0.4 is 15.0 Å². The molecule has 0 bridgehead atoms. The van der Waals surface area contributed by atoms with E-state index in [-0.39, 0.29) is 12.1 Å². The first-order chi connectivity index (χ1) is 18.0. The van der Waals surface area contributed by atoms with Crippen molar-refractivity contribution in [2.75, 3.05) is 25.2 Å². The van der Waals surface area contributed by atoms with Gasteiger partial charge in [-0.1, -0.05) is 40.9 Å². The molecular formula is C27H22Cl3N3O3S. The van der Waals surface area contributed by atoms with E-state index in [4.69, 9.17) is 60.9 Å². The van der Waals surface area contributed by atoms with Crippen LogP contribution >= 0.6 is 47.0 Å². The van der Waals surface area contributed by atoms with Crippen LogP contribution in [0.2, 0.25) is 15.1 Å². The molecule has 4 aromatic rings. The van der Waals surface area contributed by atoms with Crippen molar-refractivity contribution in [1.29, 1.82) is 0 Å². The summed E-state index contributed by atoms with van der Waals surface area (Å²) in [6, 6.07) is 19.8. The fourth-order valence-corrected chi connectivity index (χ4v) is 5.34. The van der Waals surface area contributed by atoms with Gasteiger partial charge < -0.3 is 24.1 Å². The van der Waals surface area contributed by atoms with Crippen molar-refractivity contribution in [1.82, 2.24) is 10.3 Å². The number of halogens is 3. The van der Waals surface area contributed by atoms with Crippen LogP contribution in [-0.4, -0.2) is 30.4 Å². The fraction of sp³-hybridized carbons (Fsp3) is 0.185. The van der Waals surface area contributed by atoms with Gasteiger partial charge in [-0.2, -0.15) is 0 Å². The molecule has 1 aliphatic rings. The molecule has 1 saturated heterocycles. The quantitative estimate of drug-likeness (QED) is 0.173. The number of aromatic nitrogens is 1. The van der Waals surface area contributed by atoms with Crippen molar-refractivity contribution < 1.29 is 13.9 Å². The zero-order valence-electron chi connectivity index (χ0n) is 19.7. The Morgan fingerprint density at radius 3 is 2.59 bits per heavy atom. The maximum Gasteiger partial charge on any atom is 0.174 e. The van der Waals surface area contributed by atoms with Crippen molar-refractivity contribution in [2.24, 2.45) is 0 Å². The lowest BCUT2D eigenvalue weighted by Crippen LogP contribution is -2.29. The summed E-state index contributed by atoms with van der Waals surface area (Å²) in [5.74, 6) is 1.87. The molecule has 2 aromatic carbocycles. The van der Waals surface area contributed by atoms with Gasteiger partial charge in [-0.05, 0) is 72.9 Å². The van der Waals surface area contributed by atoms with E-state index in [1.165, 1.54) is 0 Å². The van der Waals surface area contributed by atoms with Crippen LogP contribution in [0, 0.1) is 0 Å². The molecule has 2 atom stereocenters. The van der Waals surface area contributed by atoms with E-state index >= 15 is 0 Å². The van der Waals surface area contributed by atoms with Crippen LogP contribution in [0.4, 0.5) is 5.69 Å². The van der Waals surface area contributed by atoms with Gasteiger partial charge in [0.1, 0.15) is 29.9 Å². The topological polar surface area (TPSA) is 59.8 Å². The first-order valence-corrected chi connectivity index (χ1v) is 13.0. The number of furan rings is 1. The van der Waals surface area contributed by atoms with Gasteiger partial charge >= 0.3 is 0 Å². The van der Waals surface area contributed by atoms with Crippen LogP contribution in [0.5, 0.6) is 5.75 Å². The van der Waals surface area contributed by atoms with Crippen molar-refractivity contribution in [3.8, 4) is 17.1 Å². The maximum absolute atomic E-state index is 6.58. The first kappa shape index (κ1) is 25.8. The van der Waals surface area contributed by atoms with Crippen LogP contribution in [-0.2, 0) is 4.74 Å². The molecular weight excluding hydrogens is 553 g/mol. The Labute approximate surface area is 235 Å². The summed E-state index contributed by atoms with van der Waals surface area (Å²) < 4.78 is 17.2. The van der Waals surface area contributed by atoms with E-state index in [1.807, 2.05) is 59.5 Å². The number of ether oxygens (including phenoxy) is 2. The number of hydrogen-bond acceptors (Lipinski definition) is 5. The van der Waals surface area contributed by atoms with Gasteiger partial charge in [-0.15, -0.1) is 0 Å². The molecule has 1 aliphatic heterocycles. The Balaban J connectivity index is 1.54. The van der Waals surface area contributed by atoms with Crippen LogP contribution in [0.1, 0.15) is 23.5 Å². The first-order valence-electron chi connectivity index (χ1n) is 11.4. The van der Waals surface area contributed by atoms with Gasteiger partial charge in [0.25, 0.3) is 0 Å². The highest BCUT2D eigenvalue weighted by Crippen LogP contribution is 2.44. The zero-order valence-corrected chi connectivity index (χ0v) is 22.7. The molecule has 2 aromatic heterocycles. The zero-order chi connectivity index (χ0) is 25.9. The molecule has 0 radical (unpaired) electrons. The standard InChI is InChI=1S/C27H22Cl3N3O3S/c1-34-12-13-35-23-8-6-17(15-20(23)30)33-26(25(32-27(33)37)21-4-2-3-11-31-21)24-10-9-22(36-24)18-7-5-16(28)14-19(18)29/h2-11,14-15,25-26H,12-13H2,1H3,(H,32,37)/t25-,26+/m1/s1. The molecule has 0 unspecified atom stereocenters. The van der Waals surface area contributed by atoms with E-state index in [0.717, 1.165) is 16.9 Å². The van der Waals surface area contributed by atoms with Gasteiger partial charge in [-0.3, -0.25) is 4.98 Å². The Morgan fingerprint density at radius 1 is 1.00 bits per heavy atom. The van der Waals surface area contributed by atoms with Gasteiger partial charge in [0.15, 0.2) is 5.11 Å². The van der Waals surface area contributed by atoms with Crippen LogP contribution in [0.15, 0.2) is 77.3 Å². The highest BCUT2D eigenvalue weighted by molar-refractivity contribution is 7.80. The number of methoxy groups -OCH3 is 1. The average molecular weight is 575 g/mol. The van der Waals surface area contributed by atoms with E-state index in [1.54, 1.807) is 25.4 Å². The Bertz CT molecular complexity index is 1420. The number of pyridine rings is 1. The number of thiocarbonyl (C=S) groups is 1. The average Bonchev–Trinajstić information content (AvgIpc) is 3.50. The van der Waals surface area contributed by atoms with Crippen molar-refractivity contribution in [2.45, 2.75) is 12.1 Å². The lowest BCUT2D eigenvalue weighted by atomic mass is 10.0. The van der Waals surface area contributed by atoms with E-state index in [0.29, 0.717) is 50.7 Å². The highest BCUT2D eigenvalue weighted by Gasteiger charge is 2.42. The van der Waals surface area contributed by atoms with Crippen molar-refractivity contribution in [3.63, 3.8) is 0 Å². The lowest BCUT2D eigenvalue weighted by molar-refractivity contribution is 0.146. The number of nitrogens with one attached hydrogen (secondary N) is 1. The molecule has 6 nitrogen and oxygen atoms in total. The summed E-state index contributed by atoms with van der Waals surface area (Å²) in [7, 11) is 1.62. The van der Waals surface area contributed by atoms with Crippen molar-refractivity contribution >= 4 is 57.8 Å². The largest absolute Gasteiger partial charge is 0.490 e. The minimum atomic E-state index is -0.349. The third kappa shape index (κ3) is 5.42. The summed E-state index contributed by atoms with van der Waals surface area (Å²) in [6.45, 7) is 0.858. The second-order valence-electron chi connectivity index (χ2n) is 8.28. The van der Waals surface area contributed by atoms with E-state index in [9.17, 15) is 0 Å². The van der Waals surface area contributed by atoms with Crippen LogP contribution in [0.3, 0.4) is 0 Å². The summed E-state index contributed by atoms with van der Waals surface area (Å²) >= 11 is 24.9. The molecule has 1 fully saturated rings. The van der Waals surface area contributed by atoms with Gasteiger partial charge in [-0.25, -0.2) is 0 Å². The smallest absolute Gasteiger partial charge is 0.174 e. The van der Waals surface area contributed by atoms with Crippen molar-refractivity contribution in [3.05, 3.63) is 99.4 Å². The Kier molecular flexibility index (Phi) is 7.88. The molecule has 0 spiro atoms. The number of anilines is 1. The van der Waals surface area contributed by atoms with E-state index < -0.39 is 0 Å². The predicted octanol–water partition coefficient (Wildman–Crippen LogP) is 7.50. The van der Waals surface area contributed by atoms with Crippen LogP contribution in [0.25, 0.3) is 11.3 Å². The molecule has 190 valence electrons. The van der Waals surface area contributed by atoms with E-state index in [2.05, 4.69) is 10.3 Å². The number of rotatable bonds is 8. The second kappa shape index (κ2) is 11.3. The normalized spacial score (nSPS) is 17.2. The lowest BCUT2D eigenvalue weighted by Gasteiger charge is -2.26. The molecule has 0 saturated carbocycles. The molecule has 0 aliphatic carbocycles. The molecule has 0 amide bonds.